The Kier molecular flexibility index (Phi) is 3.85. The van der Waals surface area contributed by atoms with Gasteiger partial charge in [0.25, 0.3) is 0 Å². The number of fused-ring (bicyclic) bond motifs is 1. The minimum absolute atomic E-state index is 0.308. The van der Waals surface area contributed by atoms with E-state index in [9.17, 15) is 4.79 Å². The highest BCUT2D eigenvalue weighted by Crippen LogP contribution is 2.29. The standard InChI is InChI=1S/C16H14BrN3O2/c1-10-6-11(2-3-12(10)8-18-16(21)22)14-7-13(17)9-20-15(14)4-5-19-20/h2-7,9,18H,8H2,1H3,(H,21,22). The first-order valence-corrected chi connectivity index (χ1v) is 7.53. The van der Waals surface area contributed by atoms with Gasteiger partial charge < -0.3 is 10.4 Å². The molecule has 0 unspecified atom stereocenters. The normalized spacial score (nSPS) is 10.8. The van der Waals surface area contributed by atoms with Crippen molar-refractivity contribution < 1.29 is 9.90 Å². The molecule has 3 rings (SSSR count). The lowest BCUT2D eigenvalue weighted by atomic mass is 9.99. The fourth-order valence-electron chi connectivity index (χ4n) is 2.46. The summed E-state index contributed by atoms with van der Waals surface area (Å²) in [4.78, 5) is 10.6. The molecule has 0 saturated heterocycles. The third kappa shape index (κ3) is 2.82. The first-order chi connectivity index (χ1) is 10.5. The van der Waals surface area contributed by atoms with Crippen molar-refractivity contribution in [3.8, 4) is 11.1 Å². The molecule has 0 atom stereocenters. The van der Waals surface area contributed by atoms with Crippen LogP contribution in [0.2, 0.25) is 0 Å². The van der Waals surface area contributed by atoms with Crippen LogP contribution in [0.1, 0.15) is 11.1 Å². The lowest BCUT2D eigenvalue weighted by Gasteiger charge is -2.10. The van der Waals surface area contributed by atoms with Crippen molar-refractivity contribution in [1.82, 2.24) is 14.9 Å². The summed E-state index contributed by atoms with van der Waals surface area (Å²) in [5.41, 5.74) is 5.18. The predicted molar refractivity (Wildman–Crippen MR) is 87.9 cm³/mol. The molecule has 1 amide bonds. The molecule has 1 aromatic carbocycles. The van der Waals surface area contributed by atoms with Crippen LogP contribution < -0.4 is 5.32 Å². The van der Waals surface area contributed by atoms with E-state index in [4.69, 9.17) is 5.11 Å². The second-order valence-electron chi connectivity index (χ2n) is 5.03. The number of nitrogens with zero attached hydrogens (tertiary/aromatic N) is 2. The van der Waals surface area contributed by atoms with Crippen LogP contribution in [0.15, 0.2) is 47.2 Å². The molecule has 5 nitrogen and oxygen atoms in total. The summed E-state index contributed by atoms with van der Waals surface area (Å²) >= 11 is 3.50. The number of benzene rings is 1. The van der Waals surface area contributed by atoms with Gasteiger partial charge in [-0.3, -0.25) is 0 Å². The van der Waals surface area contributed by atoms with Gasteiger partial charge in [0.05, 0.1) is 11.7 Å². The number of rotatable bonds is 3. The molecule has 0 radical (unpaired) electrons. The monoisotopic (exact) mass is 359 g/mol. The minimum atomic E-state index is -1.02. The van der Waals surface area contributed by atoms with Gasteiger partial charge in [0.15, 0.2) is 0 Å². The van der Waals surface area contributed by atoms with Crippen LogP contribution in [0.25, 0.3) is 16.6 Å². The van der Waals surface area contributed by atoms with Gasteiger partial charge in [-0.15, -0.1) is 0 Å². The molecule has 0 saturated carbocycles. The summed E-state index contributed by atoms with van der Waals surface area (Å²) in [7, 11) is 0. The smallest absolute Gasteiger partial charge is 0.404 e. The van der Waals surface area contributed by atoms with Gasteiger partial charge in [0.2, 0.25) is 0 Å². The van der Waals surface area contributed by atoms with Crippen molar-refractivity contribution >= 4 is 27.5 Å². The maximum atomic E-state index is 10.6. The third-order valence-corrected chi connectivity index (χ3v) is 3.99. The molecule has 0 aliphatic heterocycles. The predicted octanol–water partition coefficient (Wildman–Crippen LogP) is 3.84. The maximum Gasteiger partial charge on any atom is 0.404 e. The zero-order valence-electron chi connectivity index (χ0n) is 11.9. The van der Waals surface area contributed by atoms with E-state index in [0.29, 0.717) is 6.54 Å². The number of hydrogen-bond acceptors (Lipinski definition) is 2. The molecule has 2 heterocycles. The highest BCUT2D eigenvalue weighted by Gasteiger charge is 2.09. The maximum absolute atomic E-state index is 10.6. The number of carbonyl (C=O) groups is 1. The van der Waals surface area contributed by atoms with Gasteiger partial charge in [-0.2, -0.15) is 5.10 Å². The Hall–Kier alpha value is -2.34. The average molecular weight is 360 g/mol. The third-order valence-electron chi connectivity index (χ3n) is 3.56. The Balaban J connectivity index is 2.02. The molecule has 0 spiro atoms. The number of pyridine rings is 1. The lowest BCUT2D eigenvalue weighted by Crippen LogP contribution is -2.20. The molecule has 112 valence electrons. The van der Waals surface area contributed by atoms with Gasteiger partial charge in [0, 0.05) is 22.8 Å². The molecule has 0 aliphatic rings. The summed E-state index contributed by atoms with van der Waals surface area (Å²) in [5.74, 6) is 0. The quantitative estimate of drug-likeness (QED) is 0.746. The Labute approximate surface area is 135 Å². The van der Waals surface area contributed by atoms with Gasteiger partial charge in [-0.05, 0) is 51.7 Å². The zero-order chi connectivity index (χ0) is 15.7. The number of aryl methyl sites for hydroxylation is 1. The number of carboxylic acid groups (broad SMARTS) is 1. The van der Waals surface area contributed by atoms with Crippen LogP contribution in [0, 0.1) is 6.92 Å². The summed E-state index contributed by atoms with van der Waals surface area (Å²) in [6, 6.07) is 10.0. The second-order valence-corrected chi connectivity index (χ2v) is 5.95. The molecule has 6 heteroatoms. The van der Waals surface area contributed by atoms with Crippen LogP contribution >= 0.6 is 15.9 Å². The van der Waals surface area contributed by atoms with E-state index in [0.717, 1.165) is 32.2 Å². The fraction of sp³-hybridized carbons (Fsp3) is 0.125. The molecular formula is C16H14BrN3O2. The number of aromatic nitrogens is 2. The molecule has 2 N–H and O–H groups in total. The van der Waals surface area contributed by atoms with E-state index in [-0.39, 0.29) is 0 Å². The molecule has 0 fully saturated rings. The minimum Gasteiger partial charge on any atom is -0.465 e. The van der Waals surface area contributed by atoms with Crippen molar-refractivity contribution in [2.24, 2.45) is 0 Å². The van der Waals surface area contributed by atoms with Crippen LogP contribution in [-0.4, -0.2) is 20.8 Å². The fourth-order valence-corrected chi connectivity index (χ4v) is 2.88. The van der Waals surface area contributed by atoms with Gasteiger partial charge in [-0.1, -0.05) is 18.2 Å². The van der Waals surface area contributed by atoms with E-state index in [1.807, 2.05) is 35.8 Å². The Morgan fingerprint density at radius 1 is 1.36 bits per heavy atom. The zero-order valence-corrected chi connectivity index (χ0v) is 13.5. The Bertz CT molecular complexity index is 858. The van der Waals surface area contributed by atoms with Crippen LogP contribution in [0.5, 0.6) is 0 Å². The van der Waals surface area contributed by atoms with E-state index in [1.165, 1.54) is 0 Å². The number of nitrogens with one attached hydrogen (secondary N) is 1. The van der Waals surface area contributed by atoms with E-state index in [1.54, 1.807) is 6.20 Å². The number of halogens is 1. The molecule has 0 bridgehead atoms. The molecule has 2 aromatic heterocycles. The van der Waals surface area contributed by atoms with Crippen molar-refractivity contribution in [1.29, 1.82) is 0 Å². The molecule has 22 heavy (non-hydrogen) atoms. The lowest BCUT2D eigenvalue weighted by molar-refractivity contribution is 0.194. The van der Waals surface area contributed by atoms with Crippen LogP contribution in [-0.2, 0) is 6.54 Å². The Morgan fingerprint density at radius 3 is 2.91 bits per heavy atom. The SMILES string of the molecule is Cc1cc(-c2cc(Br)cn3nccc23)ccc1CNC(=O)O. The first kappa shape index (κ1) is 14.6. The first-order valence-electron chi connectivity index (χ1n) is 6.74. The summed E-state index contributed by atoms with van der Waals surface area (Å²) in [6.07, 6.45) is 2.66. The highest BCUT2D eigenvalue weighted by molar-refractivity contribution is 9.10. The molecular weight excluding hydrogens is 346 g/mol. The number of amides is 1. The summed E-state index contributed by atoms with van der Waals surface area (Å²) in [6.45, 7) is 2.29. The van der Waals surface area contributed by atoms with Crippen molar-refractivity contribution in [3.05, 3.63) is 58.3 Å². The average Bonchev–Trinajstić information content (AvgIpc) is 2.93. The Morgan fingerprint density at radius 2 is 2.18 bits per heavy atom. The number of hydrogen-bond donors (Lipinski definition) is 2. The van der Waals surface area contributed by atoms with Crippen molar-refractivity contribution in [3.63, 3.8) is 0 Å². The highest BCUT2D eigenvalue weighted by atomic mass is 79.9. The second kappa shape index (κ2) is 5.81. The van der Waals surface area contributed by atoms with Gasteiger partial charge in [-0.25, -0.2) is 9.31 Å². The molecule has 3 aromatic rings. The van der Waals surface area contributed by atoms with E-state index in [2.05, 4.69) is 38.5 Å². The van der Waals surface area contributed by atoms with Crippen LogP contribution in [0.3, 0.4) is 0 Å². The summed E-state index contributed by atoms with van der Waals surface area (Å²) in [5, 5.41) is 15.4. The van der Waals surface area contributed by atoms with E-state index >= 15 is 0 Å². The van der Waals surface area contributed by atoms with Gasteiger partial charge >= 0.3 is 6.09 Å². The van der Waals surface area contributed by atoms with Gasteiger partial charge in [0.1, 0.15) is 0 Å². The van der Waals surface area contributed by atoms with E-state index < -0.39 is 6.09 Å². The van der Waals surface area contributed by atoms with Crippen LogP contribution in [0.4, 0.5) is 4.79 Å². The summed E-state index contributed by atoms with van der Waals surface area (Å²) < 4.78 is 2.78. The van der Waals surface area contributed by atoms with Crippen molar-refractivity contribution in [2.45, 2.75) is 13.5 Å². The molecule has 0 aliphatic carbocycles. The topological polar surface area (TPSA) is 66.6 Å². The van der Waals surface area contributed by atoms with Crippen molar-refractivity contribution in [2.75, 3.05) is 0 Å². The largest absolute Gasteiger partial charge is 0.465 e.